The molecule has 0 saturated carbocycles. The number of hydrogen-bond acceptors (Lipinski definition) is 7. The van der Waals surface area contributed by atoms with Crippen LogP contribution in [0.5, 0.6) is 5.75 Å². The van der Waals surface area contributed by atoms with E-state index < -0.39 is 15.9 Å². The highest BCUT2D eigenvalue weighted by Gasteiger charge is 2.21. The van der Waals surface area contributed by atoms with E-state index in [9.17, 15) is 13.2 Å². The molecule has 1 amide bonds. The number of rotatable bonds is 8. The molecule has 3 aromatic rings. The molecule has 0 spiro atoms. The second-order valence-electron chi connectivity index (χ2n) is 6.30. The molecule has 1 heterocycles. The molecule has 1 aromatic heterocycles. The first-order valence-corrected chi connectivity index (χ1v) is 11.5. The van der Waals surface area contributed by atoms with Gasteiger partial charge in [0, 0.05) is 6.54 Å². The van der Waals surface area contributed by atoms with Crippen LogP contribution in [0.3, 0.4) is 0 Å². The van der Waals surface area contributed by atoms with Crippen LogP contribution in [0.2, 0.25) is 5.02 Å². The van der Waals surface area contributed by atoms with E-state index in [1.54, 1.807) is 24.3 Å². The summed E-state index contributed by atoms with van der Waals surface area (Å²) in [6.07, 6.45) is 0. The van der Waals surface area contributed by atoms with Gasteiger partial charge in [-0.25, -0.2) is 13.1 Å². The predicted molar refractivity (Wildman–Crippen MR) is 116 cm³/mol. The van der Waals surface area contributed by atoms with Gasteiger partial charge in [0.05, 0.1) is 10.6 Å². The summed E-state index contributed by atoms with van der Waals surface area (Å²) >= 11 is 6.72. The van der Waals surface area contributed by atoms with Gasteiger partial charge in [0.1, 0.15) is 12.4 Å². The van der Waals surface area contributed by atoms with Gasteiger partial charge in [-0.15, -0.1) is 10.2 Å². The molecule has 0 unspecified atom stereocenters. The Morgan fingerprint density at radius 2 is 1.90 bits per heavy atom. The number of nitrogens with one attached hydrogen (secondary N) is 2. The lowest BCUT2D eigenvalue weighted by molar-refractivity contribution is 0.102. The van der Waals surface area contributed by atoms with E-state index in [1.807, 2.05) is 32.0 Å². The van der Waals surface area contributed by atoms with Crippen molar-refractivity contribution in [3.63, 3.8) is 0 Å². The fraction of sp³-hybridized carbons (Fsp3) is 0.211. The molecule has 8 nitrogen and oxygen atoms in total. The zero-order chi connectivity index (χ0) is 21.7. The Kier molecular flexibility index (Phi) is 7.03. The maximum absolute atomic E-state index is 12.4. The zero-order valence-electron chi connectivity index (χ0n) is 16.2. The average Bonchev–Trinajstić information content (AvgIpc) is 3.18. The molecule has 0 aliphatic heterocycles. The molecule has 30 heavy (non-hydrogen) atoms. The summed E-state index contributed by atoms with van der Waals surface area (Å²) in [5.74, 6) is 0.160. The summed E-state index contributed by atoms with van der Waals surface area (Å²) in [5.41, 5.74) is 2.49. The van der Waals surface area contributed by atoms with Crippen molar-refractivity contribution in [1.82, 2.24) is 14.9 Å². The van der Waals surface area contributed by atoms with Crippen molar-refractivity contribution in [3.8, 4) is 5.75 Å². The van der Waals surface area contributed by atoms with Gasteiger partial charge >= 0.3 is 0 Å². The maximum atomic E-state index is 12.4. The SMILES string of the molecule is Cc1ccc(OCCNS(=O)(=O)c2nnc(NC(=O)c3ccccc3Cl)s2)cc1C. The summed E-state index contributed by atoms with van der Waals surface area (Å²) in [6, 6.07) is 12.2. The molecule has 0 fully saturated rings. The standard InChI is InChI=1S/C19H19ClN4O4S2/c1-12-7-8-14(11-13(12)2)28-10-9-21-30(26,27)19-24-23-18(29-19)22-17(25)15-5-3-4-6-16(15)20/h3-8,11,21H,9-10H2,1-2H3,(H,22,23,25). The second-order valence-corrected chi connectivity index (χ2v) is 9.62. The van der Waals surface area contributed by atoms with E-state index in [4.69, 9.17) is 16.3 Å². The van der Waals surface area contributed by atoms with Crippen molar-refractivity contribution in [3.05, 3.63) is 64.2 Å². The summed E-state index contributed by atoms with van der Waals surface area (Å²) in [6.45, 7) is 4.18. The molecule has 0 radical (unpaired) electrons. The van der Waals surface area contributed by atoms with Crippen molar-refractivity contribution < 1.29 is 17.9 Å². The van der Waals surface area contributed by atoms with Crippen LogP contribution in [0.4, 0.5) is 5.13 Å². The Hall–Kier alpha value is -2.53. The number of nitrogens with zero attached hydrogens (tertiary/aromatic N) is 2. The lowest BCUT2D eigenvalue weighted by Gasteiger charge is -2.08. The van der Waals surface area contributed by atoms with Gasteiger partial charge in [-0.3, -0.25) is 10.1 Å². The Bertz CT molecular complexity index is 1160. The molecule has 158 valence electrons. The Labute approximate surface area is 183 Å². The fourth-order valence-corrected chi connectivity index (χ4v) is 4.56. The number of halogens is 1. The van der Waals surface area contributed by atoms with E-state index in [2.05, 4.69) is 20.2 Å². The lowest BCUT2D eigenvalue weighted by Crippen LogP contribution is -2.28. The topological polar surface area (TPSA) is 110 Å². The smallest absolute Gasteiger partial charge is 0.269 e. The number of carbonyl (C=O) groups excluding carboxylic acids is 1. The first-order chi connectivity index (χ1) is 14.3. The van der Waals surface area contributed by atoms with E-state index in [-0.39, 0.29) is 33.2 Å². The van der Waals surface area contributed by atoms with Gasteiger partial charge in [-0.05, 0) is 49.2 Å². The van der Waals surface area contributed by atoms with Crippen molar-refractivity contribution in [2.45, 2.75) is 18.2 Å². The minimum atomic E-state index is -3.88. The molecule has 2 aromatic carbocycles. The van der Waals surface area contributed by atoms with E-state index in [0.29, 0.717) is 5.75 Å². The third-order valence-electron chi connectivity index (χ3n) is 4.12. The number of ether oxygens (including phenoxy) is 1. The molecule has 3 rings (SSSR count). The number of anilines is 1. The number of hydrogen-bond donors (Lipinski definition) is 2. The second kappa shape index (κ2) is 9.52. The number of aryl methyl sites for hydroxylation is 2. The van der Waals surface area contributed by atoms with Crippen LogP contribution in [-0.2, 0) is 10.0 Å². The third-order valence-corrected chi connectivity index (χ3v) is 7.11. The molecule has 2 N–H and O–H groups in total. The van der Waals surface area contributed by atoms with Crippen LogP contribution >= 0.6 is 22.9 Å². The monoisotopic (exact) mass is 466 g/mol. The van der Waals surface area contributed by atoms with E-state index >= 15 is 0 Å². The molecule has 11 heteroatoms. The number of aromatic nitrogens is 2. The molecule has 0 bridgehead atoms. The van der Waals surface area contributed by atoms with E-state index in [1.165, 1.54) is 0 Å². The summed E-state index contributed by atoms with van der Waals surface area (Å²) in [4.78, 5) is 12.2. The normalized spacial score (nSPS) is 11.3. The number of amides is 1. The van der Waals surface area contributed by atoms with Crippen LogP contribution in [0.1, 0.15) is 21.5 Å². The van der Waals surface area contributed by atoms with Crippen molar-refractivity contribution in [1.29, 1.82) is 0 Å². The first kappa shape index (κ1) is 22.2. The molecular weight excluding hydrogens is 448 g/mol. The minimum Gasteiger partial charge on any atom is -0.492 e. The van der Waals surface area contributed by atoms with E-state index in [0.717, 1.165) is 22.5 Å². The fourth-order valence-electron chi connectivity index (χ4n) is 2.39. The summed E-state index contributed by atoms with van der Waals surface area (Å²) in [5, 5.41) is 10.2. The van der Waals surface area contributed by atoms with Crippen molar-refractivity contribution in [2.24, 2.45) is 0 Å². The first-order valence-electron chi connectivity index (χ1n) is 8.85. The molecule has 0 aliphatic rings. The highest BCUT2D eigenvalue weighted by Crippen LogP contribution is 2.22. The molecule has 0 atom stereocenters. The number of benzene rings is 2. The van der Waals surface area contributed by atoms with Gasteiger partial charge < -0.3 is 4.74 Å². The van der Waals surface area contributed by atoms with Crippen LogP contribution in [0.25, 0.3) is 0 Å². The van der Waals surface area contributed by atoms with Gasteiger partial charge in [0.25, 0.3) is 15.9 Å². The maximum Gasteiger partial charge on any atom is 0.269 e. The summed E-state index contributed by atoms with van der Waals surface area (Å²) in [7, 11) is -3.88. The number of carbonyl (C=O) groups is 1. The minimum absolute atomic E-state index is 0.0478. The third kappa shape index (κ3) is 5.54. The highest BCUT2D eigenvalue weighted by atomic mass is 35.5. The zero-order valence-corrected chi connectivity index (χ0v) is 18.6. The Balaban J connectivity index is 1.55. The van der Waals surface area contributed by atoms with Crippen LogP contribution in [0.15, 0.2) is 46.8 Å². The van der Waals surface area contributed by atoms with Crippen molar-refractivity contribution in [2.75, 3.05) is 18.5 Å². The number of sulfonamides is 1. The Morgan fingerprint density at radius 1 is 1.13 bits per heavy atom. The van der Waals surface area contributed by atoms with Crippen LogP contribution in [0, 0.1) is 13.8 Å². The van der Waals surface area contributed by atoms with Gasteiger partial charge in [-0.1, -0.05) is 41.1 Å². The molecule has 0 aliphatic carbocycles. The lowest BCUT2D eigenvalue weighted by atomic mass is 10.1. The molecule has 0 saturated heterocycles. The van der Waals surface area contributed by atoms with Gasteiger partial charge in [0.15, 0.2) is 0 Å². The van der Waals surface area contributed by atoms with Gasteiger partial charge in [0.2, 0.25) is 9.47 Å². The van der Waals surface area contributed by atoms with Crippen LogP contribution < -0.4 is 14.8 Å². The average molecular weight is 467 g/mol. The molecular formula is C19H19ClN4O4S2. The Morgan fingerprint density at radius 3 is 2.63 bits per heavy atom. The van der Waals surface area contributed by atoms with Crippen molar-refractivity contribution >= 4 is 44.0 Å². The highest BCUT2D eigenvalue weighted by molar-refractivity contribution is 7.91. The largest absolute Gasteiger partial charge is 0.492 e. The van der Waals surface area contributed by atoms with Crippen LogP contribution in [-0.4, -0.2) is 37.7 Å². The quantitative estimate of drug-likeness (QED) is 0.388. The predicted octanol–water partition coefficient (Wildman–Crippen LogP) is 3.42. The van der Waals surface area contributed by atoms with Gasteiger partial charge in [-0.2, -0.15) is 0 Å². The summed E-state index contributed by atoms with van der Waals surface area (Å²) < 4.78 is 32.4.